The summed E-state index contributed by atoms with van der Waals surface area (Å²) < 4.78 is 48.4. The molecule has 0 aliphatic rings. The van der Waals surface area contributed by atoms with Gasteiger partial charge in [0.2, 0.25) is 0 Å². The number of anilines is 1. The number of nitrogen functional groups attached to an aromatic ring is 1. The molecule has 0 amide bonds. The lowest BCUT2D eigenvalue weighted by Gasteiger charge is -2.08. The molecule has 0 heterocycles. The van der Waals surface area contributed by atoms with Crippen molar-refractivity contribution in [3.63, 3.8) is 0 Å². The largest absolute Gasteiger partial charge is 0.398 e. The minimum absolute atomic E-state index is 0.0732. The van der Waals surface area contributed by atoms with Gasteiger partial charge in [0.05, 0.1) is 16.5 Å². The van der Waals surface area contributed by atoms with Crippen molar-refractivity contribution in [1.82, 2.24) is 0 Å². The molecule has 0 fully saturated rings. The van der Waals surface area contributed by atoms with Crippen LogP contribution in [0.2, 0.25) is 5.02 Å². The van der Waals surface area contributed by atoms with Crippen molar-refractivity contribution in [3.8, 4) is 0 Å². The molecule has 0 saturated heterocycles. The van der Waals surface area contributed by atoms with E-state index in [2.05, 4.69) is 0 Å². The molecule has 2 N–H and O–H groups in total. The standard InChI is InChI=1S/C8H6ClF4NS/c9-4-1-5(10)6(14)2-7(4)15-3-8(11,12)13/h1-2H,3,14H2. The molecule has 1 aromatic carbocycles. The monoisotopic (exact) mass is 259 g/mol. The fourth-order valence-corrected chi connectivity index (χ4v) is 1.86. The van der Waals surface area contributed by atoms with Gasteiger partial charge in [0.25, 0.3) is 0 Å². The first-order valence-corrected chi connectivity index (χ1v) is 5.10. The third-order valence-corrected chi connectivity index (χ3v) is 2.99. The summed E-state index contributed by atoms with van der Waals surface area (Å²) in [6.45, 7) is 0. The zero-order valence-electron chi connectivity index (χ0n) is 7.24. The SMILES string of the molecule is Nc1cc(SCC(F)(F)F)c(Cl)cc1F. The van der Waals surface area contributed by atoms with Crippen molar-refractivity contribution in [2.75, 3.05) is 11.5 Å². The second-order valence-electron chi connectivity index (χ2n) is 2.71. The second-order valence-corrected chi connectivity index (χ2v) is 4.13. The van der Waals surface area contributed by atoms with Crippen LogP contribution < -0.4 is 5.73 Å². The van der Waals surface area contributed by atoms with Gasteiger partial charge in [-0.3, -0.25) is 0 Å². The summed E-state index contributed by atoms with van der Waals surface area (Å²) in [6.07, 6.45) is -4.29. The maximum absolute atomic E-state index is 12.8. The normalized spacial score (nSPS) is 11.8. The van der Waals surface area contributed by atoms with Crippen molar-refractivity contribution in [2.45, 2.75) is 11.1 Å². The Morgan fingerprint density at radius 1 is 1.33 bits per heavy atom. The van der Waals surface area contributed by atoms with E-state index in [1.807, 2.05) is 0 Å². The van der Waals surface area contributed by atoms with Crippen LogP contribution in [0.3, 0.4) is 0 Å². The molecule has 0 saturated carbocycles. The topological polar surface area (TPSA) is 26.0 Å². The van der Waals surface area contributed by atoms with E-state index in [0.29, 0.717) is 11.8 Å². The summed E-state index contributed by atoms with van der Waals surface area (Å²) >= 11 is 6.02. The Kier molecular flexibility index (Phi) is 3.72. The van der Waals surface area contributed by atoms with Crippen LogP contribution in [0.4, 0.5) is 23.2 Å². The average Bonchev–Trinajstić information content (AvgIpc) is 2.07. The Hall–Kier alpha value is -0.620. The molecule has 0 aromatic heterocycles. The second kappa shape index (κ2) is 4.49. The minimum atomic E-state index is -4.29. The van der Waals surface area contributed by atoms with Gasteiger partial charge in [-0.2, -0.15) is 13.2 Å². The van der Waals surface area contributed by atoms with Crippen molar-refractivity contribution >= 4 is 29.1 Å². The number of rotatable bonds is 2. The predicted molar refractivity (Wildman–Crippen MR) is 52.6 cm³/mol. The van der Waals surface area contributed by atoms with E-state index in [-0.39, 0.29) is 15.6 Å². The molecule has 0 aliphatic carbocycles. The predicted octanol–water partition coefficient (Wildman–Crippen LogP) is 3.72. The molecule has 1 rings (SSSR count). The van der Waals surface area contributed by atoms with E-state index < -0.39 is 17.7 Å². The average molecular weight is 260 g/mol. The van der Waals surface area contributed by atoms with E-state index in [1.54, 1.807) is 0 Å². The number of hydrogen-bond donors (Lipinski definition) is 1. The Balaban J connectivity index is 2.82. The van der Waals surface area contributed by atoms with Crippen LogP contribution in [0.5, 0.6) is 0 Å². The summed E-state index contributed by atoms with van der Waals surface area (Å²) in [5.74, 6) is -1.83. The van der Waals surface area contributed by atoms with Crippen LogP contribution in [-0.4, -0.2) is 11.9 Å². The zero-order valence-corrected chi connectivity index (χ0v) is 8.81. The molecular formula is C8H6ClF4NS. The van der Waals surface area contributed by atoms with Crippen LogP contribution in [0.15, 0.2) is 17.0 Å². The lowest BCUT2D eigenvalue weighted by molar-refractivity contribution is -0.105. The van der Waals surface area contributed by atoms with Gasteiger partial charge in [-0.15, -0.1) is 11.8 Å². The van der Waals surface area contributed by atoms with Gasteiger partial charge < -0.3 is 5.73 Å². The Morgan fingerprint density at radius 2 is 1.93 bits per heavy atom. The lowest BCUT2D eigenvalue weighted by atomic mass is 10.3. The highest BCUT2D eigenvalue weighted by atomic mass is 35.5. The quantitative estimate of drug-likeness (QED) is 0.498. The summed E-state index contributed by atoms with van der Waals surface area (Å²) in [5.41, 5.74) is 4.98. The fraction of sp³-hybridized carbons (Fsp3) is 0.250. The molecule has 0 spiro atoms. The maximum Gasteiger partial charge on any atom is 0.398 e. The van der Waals surface area contributed by atoms with Gasteiger partial charge in [-0.1, -0.05) is 11.6 Å². The van der Waals surface area contributed by atoms with E-state index in [4.69, 9.17) is 17.3 Å². The third kappa shape index (κ3) is 3.79. The zero-order chi connectivity index (χ0) is 11.6. The molecular weight excluding hydrogens is 254 g/mol. The highest BCUT2D eigenvalue weighted by Gasteiger charge is 2.27. The maximum atomic E-state index is 12.8. The lowest BCUT2D eigenvalue weighted by Crippen LogP contribution is -2.10. The molecule has 0 aliphatic heterocycles. The number of benzene rings is 1. The molecule has 1 nitrogen and oxygen atoms in total. The fourth-order valence-electron chi connectivity index (χ4n) is 0.815. The van der Waals surface area contributed by atoms with Gasteiger partial charge in [0, 0.05) is 4.90 Å². The van der Waals surface area contributed by atoms with Crippen LogP contribution in [0.25, 0.3) is 0 Å². The summed E-state index contributed by atoms with van der Waals surface area (Å²) in [6, 6.07) is 1.99. The Bertz CT molecular complexity index is 366. The summed E-state index contributed by atoms with van der Waals surface area (Å²) in [4.78, 5) is 0.118. The molecule has 0 radical (unpaired) electrons. The number of halogens is 5. The van der Waals surface area contributed by atoms with Crippen LogP contribution >= 0.6 is 23.4 Å². The molecule has 0 bridgehead atoms. The van der Waals surface area contributed by atoms with Gasteiger partial charge in [0.1, 0.15) is 5.82 Å². The molecule has 0 unspecified atom stereocenters. The smallest absolute Gasteiger partial charge is 0.396 e. The van der Waals surface area contributed by atoms with Gasteiger partial charge in [-0.05, 0) is 12.1 Å². The number of hydrogen-bond acceptors (Lipinski definition) is 2. The van der Waals surface area contributed by atoms with Gasteiger partial charge >= 0.3 is 6.18 Å². The number of thioether (sulfide) groups is 1. The molecule has 7 heteroatoms. The Morgan fingerprint density at radius 3 is 2.47 bits per heavy atom. The van der Waals surface area contributed by atoms with E-state index in [0.717, 1.165) is 12.1 Å². The van der Waals surface area contributed by atoms with Crippen molar-refractivity contribution < 1.29 is 17.6 Å². The molecule has 84 valence electrons. The minimum Gasteiger partial charge on any atom is -0.396 e. The third-order valence-electron chi connectivity index (χ3n) is 1.44. The first-order chi connectivity index (χ1) is 6.79. The van der Waals surface area contributed by atoms with Gasteiger partial charge in [-0.25, -0.2) is 4.39 Å². The first-order valence-electron chi connectivity index (χ1n) is 3.73. The molecule has 15 heavy (non-hydrogen) atoms. The Labute approximate surface area is 92.6 Å². The van der Waals surface area contributed by atoms with Crippen molar-refractivity contribution in [2.24, 2.45) is 0 Å². The van der Waals surface area contributed by atoms with E-state index in [1.165, 1.54) is 0 Å². The first kappa shape index (κ1) is 12.4. The number of nitrogens with two attached hydrogens (primary N) is 1. The highest BCUT2D eigenvalue weighted by Crippen LogP contribution is 2.34. The highest BCUT2D eigenvalue weighted by molar-refractivity contribution is 7.99. The van der Waals surface area contributed by atoms with Gasteiger partial charge in [0.15, 0.2) is 0 Å². The number of alkyl halides is 3. The van der Waals surface area contributed by atoms with Crippen LogP contribution in [0.1, 0.15) is 0 Å². The van der Waals surface area contributed by atoms with Crippen molar-refractivity contribution in [1.29, 1.82) is 0 Å². The van der Waals surface area contributed by atoms with E-state index >= 15 is 0 Å². The van der Waals surface area contributed by atoms with Crippen molar-refractivity contribution in [3.05, 3.63) is 23.0 Å². The van der Waals surface area contributed by atoms with Crippen LogP contribution in [-0.2, 0) is 0 Å². The molecule has 1 aromatic rings. The van der Waals surface area contributed by atoms with E-state index in [9.17, 15) is 17.6 Å². The molecule has 0 atom stereocenters. The summed E-state index contributed by atoms with van der Waals surface area (Å²) in [5, 5.41) is -0.0732. The summed E-state index contributed by atoms with van der Waals surface area (Å²) in [7, 11) is 0. The van der Waals surface area contributed by atoms with Crippen LogP contribution in [0, 0.1) is 5.82 Å².